The van der Waals surface area contributed by atoms with Crippen molar-refractivity contribution in [1.29, 1.82) is 0 Å². The average molecular weight is 916 g/mol. The maximum atomic E-state index is 16.2. The number of carboxylic acid groups (broad SMARTS) is 1. The van der Waals surface area contributed by atoms with Crippen molar-refractivity contribution in [1.82, 2.24) is 10.2 Å². The molecule has 3 N–H and O–H groups in total. The van der Waals surface area contributed by atoms with Gasteiger partial charge in [-0.05, 0) is 58.5 Å². The number of aliphatic hydroxyl groups is 1. The molecule has 0 bridgehead atoms. The van der Waals surface area contributed by atoms with Crippen molar-refractivity contribution in [2.24, 2.45) is 17.8 Å². The Hall–Kier alpha value is -7.55. The van der Waals surface area contributed by atoms with Gasteiger partial charge in [0.25, 0.3) is 0 Å². The molecule has 348 valence electrons. The van der Waals surface area contributed by atoms with Gasteiger partial charge in [0, 0.05) is 12.0 Å². The molecule has 1 spiro atoms. The van der Waals surface area contributed by atoms with E-state index in [2.05, 4.69) is 17.2 Å². The van der Waals surface area contributed by atoms with Gasteiger partial charge < -0.3 is 39.2 Å². The molecule has 4 aromatic rings. The fourth-order valence-electron chi connectivity index (χ4n) is 9.53. The molecular formula is C50H49N3O14. The molecule has 2 saturated heterocycles. The lowest BCUT2D eigenvalue weighted by Crippen LogP contribution is -2.56. The van der Waals surface area contributed by atoms with Gasteiger partial charge >= 0.3 is 35.9 Å². The highest BCUT2D eigenvalue weighted by Crippen LogP contribution is 2.66. The van der Waals surface area contributed by atoms with Crippen LogP contribution in [0.15, 0.2) is 103 Å². The Bertz CT molecular complexity index is 2610. The minimum atomic E-state index is -2.37. The maximum Gasteiger partial charge on any atom is 0.329 e. The van der Waals surface area contributed by atoms with Crippen LogP contribution in [-0.4, -0.2) is 104 Å². The molecule has 4 aromatic carbocycles. The van der Waals surface area contributed by atoms with Crippen molar-refractivity contribution in [2.45, 2.75) is 56.0 Å². The van der Waals surface area contributed by atoms with Crippen molar-refractivity contribution in [3.63, 3.8) is 0 Å². The smallest absolute Gasteiger partial charge is 0.329 e. The number of imide groups is 1. The number of hydrogen-bond acceptors (Lipinski definition) is 14. The number of benzene rings is 4. The number of carboxylic acids is 1. The van der Waals surface area contributed by atoms with Gasteiger partial charge in [-0.3, -0.25) is 28.9 Å². The zero-order valence-corrected chi connectivity index (χ0v) is 37.2. The molecule has 2 fully saturated rings. The number of nitrogens with zero attached hydrogens (tertiary/aromatic N) is 2. The molecule has 7 unspecified atom stereocenters. The predicted octanol–water partition coefficient (Wildman–Crippen LogP) is 4.42. The van der Waals surface area contributed by atoms with Crippen LogP contribution in [-0.2, 0) is 53.1 Å². The summed E-state index contributed by atoms with van der Waals surface area (Å²) < 4.78 is 26.7. The molecule has 3 aliphatic rings. The second-order valence-electron chi connectivity index (χ2n) is 16.4. The summed E-state index contributed by atoms with van der Waals surface area (Å²) in [5.41, 5.74) is -0.794. The molecule has 3 amide bonds. The highest BCUT2D eigenvalue weighted by molar-refractivity contribution is 6.24. The highest BCUT2D eigenvalue weighted by Gasteiger charge is 2.76. The minimum Gasteiger partial charge on any atom is -0.491 e. The number of esters is 4. The number of aliphatic carboxylic acids is 1. The van der Waals surface area contributed by atoms with E-state index in [1.165, 1.54) is 18.2 Å². The third-order valence-electron chi connectivity index (χ3n) is 12.4. The first kappa shape index (κ1) is 47.4. The number of morpholine rings is 1. The fourth-order valence-corrected chi connectivity index (χ4v) is 9.53. The predicted molar refractivity (Wildman–Crippen MR) is 237 cm³/mol. The number of aliphatic hydroxyl groups excluding tert-OH is 1. The molecular weight excluding hydrogens is 867 g/mol. The molecule has 67 heavy (non-hydrogen) atoms. The number of nitrogens with one attached hydrogen (secondary N) is 1. The third kappa shape index (κ3) is 8.57. The summed E-state index contributed by atoms with van der Waals surface area (Å²) in [5.74, 6) is -4.08. The summed E-state index contributed by atoms with van der Waals surface area (Å²) >= 11 is 0. The van der Waals surface area contributed by atoms with Gasteiger partial charge in [0.05, 0.1) is 45.7 Å². The van der Waals surface area contributed by atoms with Gasteiger partial charge in [0.15, 0.2) is 5.92 Å². The van der Waals surface area contributed by atoms with Gasteiger partial charge in [0.2, 0.25) is 5.91 Å². The molecule has 7 rings (SSSR count). The number of carbonyl (C=O) groups excluding carboxylic acids is 6. The SMILES string of the molecule is COC(=O)C(CC#Cc1ccc2c(c1)C1(C(=O)N2C(=O)NC(C(=O)OC)C(C)C)C(C(=O)O)C2C(=O)OC(c3ccccc3)C(c3ccccc3)N2C1c1cccc(OCCO)c1)C(=O)OC. The summed E-state index contributed by atoms with van der Waals surface area (Å²) in [6, 6.07) is 22.3. The van der Waals surface area contributed by atoms with Crippen LogP contribution in [0.2, 0.25) is 0 Å². The Morgan fingerprint density at radius 3 is 2.01 bits per heavy atom. The summed E-state index contributed by atoms with van der Waals surface area (Å²) in [6.07, 6.45) is -1.40. The summed E-state index contributed by atoms with van der Waals surface area (Å²) in [5, 5.41) is 24.0. The average Bonchev–Trinajstić information content (AvgIpc) is 3.80. The molecule has 0 saturated carbocycles. The first-order valence-corrected chi connectivity index (χ1v) is 21.4. The standard InChI is InChI=1S/C50H49N3O14/c1-28(2)38(46(59)65-5)51-49(62)52-36-23-22-29(14-12-21-34(44(57)63-3)45(58)64-4)26-35(36)50(48(52)61)37(43(55)56)40-47(60)67-41(31-17-10-7-11-18-31)39(30-15-8-6-9-16-30)53(40)42(50)32-19-13-20-33(27-32)66-25-24-54/h6-11,13,15-20,22-23,26-28,34,37-42,54H,21,24-25H2,1-5H3,(H,51,62)(H,55,56). The zero-order valence-electron chi connectivity index (χ0n) is 37.2. The van der Waals surface area contributed by atoms with Gasteiger partial charge in [0.1, 0.15) is 41.9 Å². The molecule has 0 radical (unpaired) electrons. The Balaban J connectivity index is 1.55. The van der Waals surface area contributed by atoms with Crippen molar-refractivity contribution in [3.8, 4) is 17.6 Å². The van der Waals surface area contributed by atoms with E-state index in [1.807, 2.05) is 12.1 Å². The second kappa shape index (κ2) is 19.9. The minimum absolute atomic E-state index is 0.0135. The van der Waals surface area contributed by atoms with E-state index in [1.54, 1.807) is 91.5 Å². The molecule has 0 aromatic heterocycles. The fraction of sp³-hybridized carbons (Fsp3) is 0.340. The number of anilines is 1. The number of methoxy groups -OCH3 is 3. The summed E-state index contributed by atoms with van der Waals surface area (Å²) in [7, 11) is 3.37. The van der Waals surface area contributed by atoms with Crippen molar-refractivity contribution in [3.05, 3.63) is 131 Å². The third-order valence-corrected chi connectivity index (χ3v) is 12.4. The first-order chi connectivity index (χ1) is 32.2. The van der Waals surface area contributed by atoms with Gasteiger partial charge in [-0.1, -0.05) is 98.5 Å². The number of fused-ring (bicyclic) bond motifs is 3. The van der Waals surface area contributed by atoms with E-state index in [4.69, 9.17) is 23.7 Å². The number of urea groups is 1. The van der Waals surface area contributed by atoms with Gasteiger partial charge in [-0.15, -0.1) is 0 Å². The van der Waals surface area contributed by atoms with E-state index < -0.39 is 95.2 Å². The normalized spacial score (nSPS) is 22.2. The quantitative estimate of drug-likeness (QED) is 0.0731. The van der Waals surface area contributed by atoms with Crippen LogP contribution >= 0.6 is 0 Å². The molecule has 3 heterocycles. The lowest BCUT2D eigenvalue weighted by atomic mass is 9.65. The van der Waals surface area contributed by atoms with Crippen LogP contribution in [0.1, 0.15) is 66.3 Å². The molecule has 17 nitrogen and oxygen atoms in total. The summed E-state index contributed by atoms with van der Waals surface area (Å²) in [4.78, 5) is 101. The van der Waals surface area contributed by atoms with Crippen molar-refractivity contribution in [2.75, 3.05) is 39.4 Å². The van der Waals surface area contributed by atoms with Gasteiger partial charge in [-0.25, -0.2) is 14.5 Å². The van der Waals surface area contributed by atoms with Crippen LogP contribution in [0.4, 0.5) is 10.5 Å². The Morgan fingerprint density at radius 1 is 0.791 bits per heavy atom. The second-order valence-corrected chi connectivity index (χ2v) is 16.4. The largest absolute Gasteiger partial charge is 0.491 e. The number of hydrogen-bond donors (Lipinski definition) is 3. The van der Waals surface area contributed by atoms with Crippen LogP contribution < -0.4 is 15.0 Å². The molecule has 3 aliphatic heterocycles. The molecule has 7 atom stereocenters. The highest BCUT2D eigenvalue weighted by atomic mass is 16.6. The Labute approximate surface area is 385 Å². The van der Waals surface area contributed by atoms with E-state index in [-0.39, 0.29) is 42.2 Å². The number of rotatable bonds is 13. The number of ether oxygens (including phenoxy) is 5. The lowest BCUT2D eigenvalue weighted by molar-refractivity contribution is -0.179. The Morgan fingerprint density at radius 2 is 1.42 bits per heavy atom. The lowest BCUT2D eigenvalue weighted by Gasteiger charge is -2.46. The van der Waals surface area contributed by atoms with Crippen LogP contribution in [0.25, 0.3) is 0 Å². The molecule has 17 heteroatoms. The van der Waals surface area contributed by atoms with Crippen molar-refractivity contribution >= 4 is 47.5 Å². The maximum absolute atomic E-state index is 16.2. The van der Waals surface area contributed by atoms with Crippen molar-refractivity contribution < 1.29 is 67.5 Å². The Kier molecular flexibility index (Phi) is 14.1. The number of carbonyl (C=O) groups is 7. The van der Waals surface area contributed by atoms with E-state index in [0.29, 0.717) is 16.7 Å². The summed E-state index contributed by atoms with van der Waals surface area (Å²) in [6.45, 7) is 2.87. The van der Waals surface area contributed by atoms with Crippen LogP contribution in [0.5, 0.6) is 5.75 Å². The topological polar surface area (TPSA) is 225 Å². The van der Waals surface area contributed by atoms with E-state index >= 15 is 4.79 Å². The van der Waals surface area contributed by atoms with Crippen LogP contribution in [0.3, 0.4) is 0 Å². The van der Waals surface area contributed by atoms with E-state index in [0.717, 1.165) is 26.2 Å². The monoisotopic (exact) mass is 915 g/mol. The zero-order chi connectivity index (χ0) is 48.2. The molecule has 0 aliphatic carbocycles. The van der Waals surface area contributed by atoms with Crippen LogP contribution in [0, 0.1) is 29.6 Å². The van der Waals surface area contributed by atoms with E-state index in [9.17, 15) is 39.0 Å². The first-order valence-electron chi connectivity index (χ1n) is 21.4. The van der Waals surface area contributed by atoms with Gasteiger partial charge in [-0.2, -0.15) is 0 Å². The number of amides is 3. The number of cyclic esters (lactones) is 1.